The Kier molecular flexibility index (Phi) is 4.28. The Hall–Kier alpha value is -1.91. The molecule has 0 radical (unpaired) electrons. The normalized spacial score (nSPS) is 9.60. The Morgan fingerprint density at radius 3 is 2.87 bits per heavy atom. The van der Waals surface area contributed by atoms with Crippen LogP contribution in [0.1, 0.15) is 23.3 Å². The van der Waals surface area contributed by atoms with Crippen LogP contribution >= 0.6 is 0 Å². The van der Waals surface area contributed by atoms with E-state index in [0.717, 1.165) is 12.8 Å². The van der Waals surface area contributed by atoms with E-state index in [4.69, 9.17) is 9.84 Å². The molecule has 1 aromatic rings. The van der Waals surface area contributed by atoms with Crippen LogP contribution in [0.3, 0.4) is 0 Å². The number of aromatic nitrogens is 2. The van der Waals surface area contributed by atoms with Gasteiger partial charge in [0, 0.05) is 6.07 Å². The van der Waals surface area contributed by atoms with Crippen molar-refractivity contribution in [2.75, 3.05) is 6.61 Å². The van der Waals surface area contributed by atoms with E-state index in [2.05, 4.69) is 16.8 Å². The lowest BCUT2D eigenvalue weighted by Gasteiger charge is -2.02. The largest absolute Gasteiger partial charge is 0.477 e. The van der Waals surface area contributed by atoms with Crippen LogP contribution in [0.5, 0.6) is 5.88 Å². The Balaban J connectivity index is 2.42. The van der Waals surface area contributed by atoms with Gasteiger partial charge in [0.1, 0.15) is 0 Å². The molecule has 1 N–H and O–H groups in total. The Morgan fingerprint density at radius 1 is 1.53 bits per heavy atom. The van der Waals surface area contributed by atoms with Crippen molar-refractivity contribution in [3.05, 3.63) is 30.5 Å². The first-order chi connectivity index (χ1) is 7.24. The molecule has 0 bridgehead atoms. The van der Waals surface area contributed by atoms with E-state index in [9.17, 15) is 4.79 Å². The molecule has 0 saturated heterocycles. The third-order valence-electron chi connectivity index (χ3n) is 1.66. The van der Waals surface area contributed by atoms with Crippen molar-refractivity contribution in [1.29, 1.82) is 0 Å². The van der Waals surface area contributed by atoms with Crippen molar-refractivity contribution >= 4 is 5.97 Å². The molecule has 0 aliphatic carbocycles. The number of carbonyl (C=O) groups is 1. The first-order valence-corrected chi connectivity index (χ1v) is 4.54. The summed E-state index contributed by atoms with van der Waals surface area (Å²) in [6.07, 6.45) is 3.54. The molecule has 0 fully saturated rings. The molecule has 0 atom stereocenters. The van der Waals surface area contributed by atoms with Gasteiger partial charge in [-0.1, -0.05) is 6.08 Å². The first kappa shape index (κ1) is 11.2. The SMILES string of the molecule is C=CCCCOc1ccc(C(=O)O)nn1. The molecule has 80 valence electrons. The molecule has 0 spiro atoms. The minimum absolute atomic E-state index is 0.0894. The zero-order valence-corrected chi connectivity index (χ0v) is 8.22. The summed E-state index contributed by atoms with van der Waals surface area (Å²) in [5, 5.41) is 15.7. The second kappa shape index (κ2) is 5.74. The van der Waals surface area contributed by atoms with E-state index in [-0.39, 0.29) is 5.69 Å². The molecule has 0 aliphatic rings. The number of carboxylic acid groups (broad SMARTS) is 1. The summed E-state index contributed by atoms with van der Waals surface area (Å²) in [4.78, 5) is 10.5. The first-order valence-electron chi connectivity index (χ1n) is 4.54. The van der Waals surface area contributed by atoms with Gasteiger partial charge < -0.3 is 9.84 Å². The monoisotopic (exact) mass is 208 g/mol. The highest BCUT2D eigenvalue weighted by molar-refractivity contribution is 5.84. The fraction of sp³-hybridized carbons (Fsp3) is 0.300. The third kappa shape index (κ3) is 3.76. The zero-order chi connectivity index (χ0) is 11.1. The van der Waals surface area contributed by atoms with Gasteiger partial charge in [0.05, 0.1) is 6.61 Å². The summed E-state index contributed by atoms with van der Waals surface area (Å²) in [5.74, 6) is -0.759. The highest BCUT2D eigenvalue weighted by Gasteiger charge is 2.04. The predicted octanol–water partition coefficient (Wildman–Crippen LogP) is 1.52. The van der Waals surface area contributed by atoms with E-state index in [1.165, 1.54) is 12.1 Å². The van der Waals surface area contributed by atoms with E-state index >= 15 is 0 Å². The van der Waals surface area contributed by atoms with Gasteiger partial charge in [0.2, 0.25) is 5.88 Å². The topological polar surface area (TPSA) is 72.3 Å². The van der Waals surface area contributed by atoms with E-state index in [0.29, 0.717) is 12.5 Å². The number of allylic oxidation sites excluding steroid dienone is 1. The van der Waals surface area contributed by atoms with Gasteiger partial charge in [0.25, 0.3) is 0 Å². The number of ether oxygens (including phenoxy) is 1. The lowest BCUT2D eigenvalue weighted by Crippen LogP contribution is -2.04. The Labute approximate surface area is 87.4 Å². The molecular formula is C10H12N2O3. The van der Waals surface area contributed by atoms with Crippen LogP contribution in [0.2, 0.25) is 0 Å². The van der Waals surface area contributed by atoms with E-state index in [1.54, 1.807) is 0 Å². The highest BCUT2D eigenvalue weighted by Crippen LogP contribution is 2.05. The van der Waals surface area contributed by atoms with Gasteiger partial charge in [-0.05, 0) is 18.9 Å². The van der Waals surface area contributed by atoms with E-state index < -0.39 is 5.97 Å². The minimum atomic E-state index is -1.10. The number of hydrogen-bond donors (Lipinski definition) is 1. The summed E-state index contributed by atoms with van der Waals surface area (Å²) < 4.78 is 5.23. The number of carboxylic acids is 1. The van der Waals surface area contributed by atoms with Crippen molar-refractivity contribution in [2.24, 2.45) is 0 Å². The van der Waals surface area contributed by atoms with E-state index in [1.807, 2.05) is 6.08 Å². The molecule has 0 unspecified atom stereocenters. The minimum Gasteiger partial charge on any atom is -0.477 e. The molecule has 5 heteroatoms. The molecule has 1 aromatic heterocycles. The lowest BCUT2D eigenvalue weighted by molar-refractivity contribution is 0.0689. The molecule has 1 heterocycles. The van der Waals surface area contributed by atoms with Gasteiger partial charge in [-0.15, -0.1) is 16.8 Å². The maximum atomic E-state index is 10.5. The van der Waals surface area contributed by atoms with Crippen LogP contribution in [-0.2, 0) is 0 Å². The molecule has 0 aliphatic heterocycles. The number of hydrogen-bond acceptors (Lipinski definition) is 4. The van der Waals surface area contributed by atoms with Crippen molar-refractivity contribution in [1.82, 2.24) is 10.2 Å². The van der Waals surface area contributed by atoms with Crippen molar-refractivity contribution in [2.45, 2.75) is 12.8 Å². The second-order valence-electron chi connectivity index (χ2n) is 2.84. The van der Waals surface area contributed by atoms with Gasteiger partial charge in [-0.2, -0.15) is 0 Å². The molecule has 15 heavy (non-hydrogen) atoms. The predicted molar refractivity (Wildman–Crippen MR) is 53.9 cm³/mol. The number of unbranched alkanes of at least 4 members (excludes halogenated alkanes) is 1. The Morgan fingerprint density at radius 2 is 2.33 bits per heavy atom. The third-order valence-corrected chi connectivity index (χ3v) is 1.66. The quantitative estimate of drug-likeness (QED) is 0.566. The van der Waals surface area contributed by atoms with Crippen LogP contribution in [0, 0.1) is 0 Å². The van der Waals surface area contributed by atoms with Crippen LogP contribution in [0.25, 0.3) is 0 Å². The summed E-state index contributed by atoms with van der Waals surface area (Å²) in [7, 11) is 0. The summed E-state index contributed by atoms with van der Waals surface area (Å²) >= 11 is 0. The summed E-state index contributed by atoms with van der Waals surface area (Å²) in [6.45, 7) is 4.11. The van der Waals surface area contributed by atoms with Crippen molar-refractivity contribution in [3.63, 3.8) is 0 Å². The second-order valence-corrected chi connectivity index (χ2v) is 2.84. The number of rotatable bonds is 6. The fourth-order valence-corrected chi connectivity index (χ4v) is 0.915. The smallest absolute Gasteiger partial charge is 0.356 e. The molecular weight excluding hydrogens is 196 g/mol. The average molecular weight is 208 g/mol. The molecule has 5 nitrogen and oxygen atoms in total. The molecule has 0 saturated carbocycles. The fourth-order valence-electron chi connectivity index (χ4n) is 0.915. The Bertz CT molecular complexity index is 335. The van der Waals surface area contributed by atoms with Crippen LogP contribution in [0.4, 0.5) is 0 Å². The average Bonchev–Trinajstić information content (AvgIpc) is 2.25. The summed E-state index contributed by atoms with van der Waals surface area (Å²) in [5.41, 5.74) is -0.0894. The zero-order valence-electron chi connectivity index (χ0n) is 8.22. The van der Waals surface area contributed by atoms with Gasteiger partial charge in [0.15, 0.2) is 5.69 Å². The number of aromatic carboxylic acids is 1. The standard InChI is InChI=1S/C10H12N2O3/c1-2-3-4-7-15-9-6-5-8(10(13)14)11-12-9/h2,5-6H,1,3-4,7H2,(H,13,14). The van der Waals surface area contributed by atoms with Crippen LogP contribution in [-0.4, -0.2) is 27.9 Å². The number of nitrogens with zero attached hydrogens (tertiary/aromatic N) is 2. The van der Waals surface area contributed by atoms with Crippen molar-refractivity contribution < 1.29 is 14.6 Å². The van der Waals surface area contributed by atoms with Crippen molar-refractivity contribution in [3.8, 4) is 5.88 Å². The maximum Gasteiger partial charge on any atom is 0.356 e. The maximum absolute atomic E-state index is 10.5. The van der Waals surface area contributed by atoms with Gasteiger partial charge in [-0.3, -0.25) is 0 Å². The highest BCUT2D eigenvalue weighted by atomic mass is 16.5. The van der Waals surface area contributed by atoms with Gasteiger partial charge >= 0.3 is 5.97 Å². The molecule has 0 aromatic carbocycles. The van der Waals surface area contributed by atoms with Gasteiger partial charge in [-0.25, -0.2) is 4.79 Å². The lowest BCUT2D eigenvalue weighted by atomic mass is 10.3. The molecule has 1 rings (SSSR count). The van der Waals surface area contributed by atoms with Crippen LogP contribution < -0.4 is 4.74 Å². The van der Waals surface area contributed by atoms with Crippen LogP contribution in [0.15, 0.2) is 24.8 Å². The molecule has 0 amide bonds. The summed E-state index contributed by atoms with van der Waals surface area (Å²) in [6, 6.07) is 2.85.